The average molecular weight is 1020 g/mol. The van der Waals surface area contributed by atoms with Crippen LogP contribution in [0.25, 0.3) is 0 Å². The Labute approximate surface area is 414 Å². The zero-order valence-corrected chi connectivity index (χ0v) is 45.2. The normalized spacial score (nSPS) is 14.9. The van der Waals surface area contributed by atoms with Crippen molar-refractivity contribution in [3.8, 4) is 0 Å². The summed E-state index contributed by atoms with van der Waals surface area (Å²) in [6.45, 7) is 19.7. The quantitative estimate of drug-likeness (QED) is 0.0244. The highest BCUT2D eigenvalue weighted by Gasteiger charge is 2.20. The molecule has 15 nitrogen and oxygen atoms in total. The van der Waals surface area contributed by atoms with Gasteiger partial charge < -0.3 is 42.0 Å². The molecule has 4 rings (SSSR count). The molecule has 384 valence electrons. The van der Waals surface area contributed by atoms with Crippen molar-refractivity contribution in [1.29, 1.82) is 0 Å². The fourth-order valence-electron chi connectivity index (χ4n) is 7.27. The highest BCUT2D eigenvalue weighted by molar-refractivity contribution is 7.42. The number of hydrogen-bond acceptors (Lipinski definition) is 12. The van der Waals surface area contributed by atoms with Gasteiger partial charge in [0, 0.05) is 62.2 Å². The maximum atomic E-state index is 14.0. The van der Waals surface area contributed by atoms with E-state index in [9.17, 15) is 14.4 Å². The lowest BCUT2D eigenvalue weighted by Gasteiger charge is -2.22. The average Bonchev–Trinajstić information content (AvgIpc) is 3.33. The molecule has 0 aliphatic heterocycles. The summed E-state index contributed by atoms with van der Waals surface area (Å²) >= 11 is 0. The molecule has 0 N–H and O–H groups in total. The van der Waals surface area contributed by atoms with E-state index in [1.165, 1.54) is 0 Å². The van der Waals surface area contributed by atoms with E-state index >= 15 is 0 Å². The summed E-state index contributed by atoms with van der Waals surface area (Å²) in [6.07, 6.45) is 4.09. The largest absolute Gasteiger partial charge is 0.356 e. The number of nitrogens with zero attached hydrogens (tertiary/aromatic N) is 3. The summed E-state index contributed by atoms with van der Waals surface area (Å²) in [5.74, 6) is 0. The molecule has 9 unspecified atom stereocenters. The van der Waals surface area contributed by atoms with Gasteiger partial charge in [-0.3, -0.25) is 0 Å². The van der Waals surface area contributed by atoms with Gasteiger partial charge in [0.15, 0.2) is 18.9 Å². The van der Waals surface area contributed by atoms with Crippen molar-refractivity contribution in [3.63, 3.8) is 0 Å². The SMILES string of the molecule is CCCCOC(C)OC(C)c1ccccc1POCCn1c(=O)n(CCOPc2ccccc2C(C)OC(C)OCCCC)c(=O)n(CCOPc2ccccc2C(C)OC(C)OCCCC)c1=O. The zero-order valence-electron chi connectivity index (χ0n) is 42.2. The minimum absolute atomic E-state index is 0.0419. The van der Waals surface area contributed by atoms with Crippen molar-refractivity contribution in [2.24, 2.45) is 0 Å². The number of benzene rings is 3. The van der Waals surface area contributed by atoms with Crippen LogP contribution in [0.3, 0.4) is 0 Å². The van der Waals surface area contributed by atoms with E-state index in [1.807, 2.05) is 114 Å². The van der Waals surface area contributed by atoms with Gasteiger partial charge in [0.25, 0.3) is 0 Å². The van der Waals surface area contributed by atoms with E-state index in [0.717, 1.165) is 84.8 Å². The lowest BCUT2D eigenvalue weighted by molar-refractivity contribution is -0.158. The molecule has 0 bridgehead atoms. The van der Waals surface area contributed by atoms with Crippen LogP contribution in [-0.2, 0) is 61.6 Å². The lowest BCUT2D eigenvalue weighted by atomic mass is 10.1. The van der Waals surface area contributed by atoms with E-state index in [4.69, 9.17) is 42.0 Å². The minimum atomic E-state index is -0.738. The zero-order chi connectivity index (χ0) is 50.0. The fourth-order valence-corrected chi connectivity index (χ4v) is 10.0. The molecule has 0 fully saturated rings. The summed E-state index contributed by atoms with van der Waals surface area (Å²) in [5.41, 5.74) is 0.667. The van der Waals surface area contributed by atoms with E-state index < -0.39 is 17.1 Å². The van der Waals surface area contributed by atoms with Crippen LogP contribution in [-0.4, -0.2) is 72.2 Å². The molecule has 1 aromatic heterocycles. The van der Waals surface area contributed by atoms with Gasteiger partial charge in [-0.2, -0.15) is 0 Å². The molecule has 1 heterocycles. The highest BCUT2D eigenvalue weighted by atomic mass is 31.1. The molecule has 69 heavy (non-hydrogen) atoms. The van der Waals surface area contributed by atoms with Crippen LogP contribution in [0.15, 0.2) is 87.2 Å². The maximum absolute atomic E-state index is 14.0. The molecule has 4 aromatic rings. The second-order valence-corrected chi connectivity index (χ2v) is 19.7. The molecule has 3 aromatic carbocycles. The van der Waals surface area contributed by atoms with Crippen LogP contribution < -0.4 is 33.0 Å². The number of rotatable bonds is 36. The van der Waals surface area contributed by atoms with E-state index in [2.05, 4.69) is 20.8 Å². The molecule has 0 saturated carbocycles. The summed E-state index contributed by atoms with van der Waals surface area (Å²) in [7, 11) is -0.272. The summed E-state index contributed by atoms with van der Waals surface area (Å²) < 4.78 is 57.5. The Balaban J connectivity index is 1.48. The maximum Gasteiger partial charge on any atom is 0.336 e. The third kappa shape index (κ3) is 19.9. The van der Waals surface area contributed by atoms with Gasteiger partial charge in [0.2, 0.25) is 0 Å². The first kappa shape index (κ1) is 58.6. The summed E-state index contributed by atoms with van der Waals surface area (Å²) in [4.78, 5) is 42.1. The van der Waals surface area contributed by atoms with Crippen molar-refractivity contribution >= 4 is 42.3 Å². The molecule has 9 atom stereocenters. The molecule has 0 saturated heterocycles. The predicted molar refractivity (Wildman–Crippen MR) is 280 cm³/mol. The van der Waals surface area contributed by atoms with Crippen molar-refractivity contribution in [2.45, 2.75) is 158 Å². The molecule has 0 aliphatic carbocycles. The van der Waals surface area contributed by atoms with Crippen LogP contribution in [0.2, 0.25) is 0 Å². The van der Waals surface area contributed by atoms with Crippen LogP contribution >= 0.6 is 26.4 Å². The minimum Gasteiger partial charge on any atom is -0.356 e. The molecule has 0 spiro atoms. The van der Waals surface area contributed by atoms with E-state index in [0.29, 0.717) is 19.8 Å². The highest BCUT2D eigenvalue weighted by Crippen LogP contribution is 2.26. The van der Waals surface area contributed by atoms with Gasteiger partial charge in [-0.15, -0.1) is 0 Å². The Morgan fingerprint density at radius 3 is 0.928 bits per heavy atom. The van der Waals surface area contributed by atoms with E-state index in [1.54, 1.807) is 0 Å². The smallest absolute Gasteiger partial charge is 0.336 e. The Morgan fingerprint density at radius 2 is 0.667 bits per heavy atom. The van der Waals surface area contributed by atoms with Crippen LogP contribution in [0.5, 0.6) is 0 Å². The van der Waals surface area contributed by atoms with Gasteiger partial charge in [0.1, 0.15) is 0 Å². The number of ether oxygens (including phenoxy) is 6. The summed E-state index contributed by atoms with van der Waals surface area (Å²) in [6, 6.07) is 23.6. The molecular formula is C51H78N3O12P3. The van der Waals surface area contributed by atoms with E-state index in [-0.39, 0.29) is 103 Å². The van der Waals surface area contributed by atoms with Gasteiger partial charge in [-0.1, -0.05) is 113 Å². The van der Waals surface area contributed by atoms with Gasteiger partial charge >= 0.3 is 17.1 Å². The Kier molecular flexibility index (Phi) is 27.9. The molecule has 18 heteroatoms. The topological polar surface area (TPSA) is 149 Å². The second-order valence-electron chi connectivity index (χ2n) is 16.6. The van der Waals surface area contributed by atoms with Gasteiger partial charge in [-0.25, -0.2) is 28.1 Å². The second kappa shape index (κ2) is 32.9. The summed E-state index contributed by atoms with van der Waals surface area (Å²) in [5, 5.41) is 2.81. The number of hydrogen-bond donors (Lipinski definition) is 0. The molecule has 0 aliphatic rings. The molecule has 0 amide bonds. The van der Waals surface area contributed by atoms with Crippen molar-refractivity contribution in [3.05, 3.63) is 121 Å². The van der Waals surface area contributed by atoms with Gasteiger partial charge in [0.05, 0.1) is 57.8 Å². The van der Waals surface area contributed by atoms with Crippen molar-refractivity contribution in [2.75, 3.05) is 39.6 Å². The predicted octanol–water partition coefficient (Wildman–Crippen LogP) is 8.70. The lowest BCUT2D eigenvalue weighted by Crippen LogP contribution is -2.55. The fraction of sp³-hybridized carbons (Fsp3) is 0.588. The first-order valence-corrected chi connectivity index (χ1v) is 27.3. The number of aromatic nitrogens is 3. The molecular weight excluding hydrogens is 939 g/mol. The first-order valence-electron chi connectivity index (χ1n) is 24.6. The Morgan fingerprint density at radius 1 is 0.406 bits per heavy atom. The Hall–Kier alpha value is -3.00. The van der Waals surface area contributed by atoms with Crippen LogP contribution in [0, 0.1) is 0 Å². The van der Waals surface area contributed by atoms with Crippen LogP contribution in [0.1, 0.15) is 136 Å². The Bertz CT molecular complexity index is 1980. The first-order chi connectivity index (χ1) is 33.4. The third-order valence-corrected chi connectivity index (χ3v) is 14.2. The van der Waals surface area contributed by atoms with Gasteiger partial charge in [-0.05, 0) is 77.5 Å². The van der Waals surface area contributed by atoms with Crippen molar-refractivity contribution < 1.29 is 42.0 Å². The third-order valence-electron chi connectivity index (χ3n) is 11.1. The standard InChI is InChI=1S/C51H78N3O12P3/c1-10-13-31-58-40(7)64-37(4)43-22-16-19-25-46(43)67-61-34-28-52-49(55)53(29-35-62-68-47-26-20-17-23-44(47)38(5)65-41(8)59-32-14-11-2)51(57)54(50(52)56)30-36-63-69-48-27-21-18-24-45(48)39(6)66-42(9)60-33-15-12-3/h16-27,37-42,67-69H,10-15,28-36H2,1-9H3. The monoisotopic (exact) mass is 1020 g/mol. The van der Waals surface area contributed by atoms with Crippen molar-refractivity contribution in [1.82, 2.24) is 13.7 Å². The molecule has 0 radical (unpaired) electrons. The van der Waals surface area contributed by atoms with Crippen LogP contribution in [0.4, 0.5) is 0 Å². The number of unbranched alkanes of at least 4 members (excludes halogenated alkanes) is 3.